The molecule has 1 aromatic heterocycles. The minimum Gasteiger partial charge on any atom is -0.430 e. The van der Waals surface area contributed by atoms with Crippen molar-refractivity contribution in [3.8, 4) is 11.5 Å². The summed E-state index contributed by atoms with van der Waals surface area (Å²) in [6, 6.07) is 13.6. The van der Waals surface area contributed by atoms with Crippen LogP contribution in [0.15, 0.2) is 40.8 Å². The molecule has 0 aliphatic rings. The van der Waals surface area contributed by atoms with Crippen molar-refractivity contribution in [1.29, 1.82) is 0 Å². The SMILES string of the molecule is BC(CCC)(CCC)c1c(C)cc(-c2nnc(B(c3c(C)cc(C)cc3C)c3c(C)cc(C)cc3C)o2)cc1C. The summed E-state index contributed by atoms with van der Waals surface area (Å²) in [4.78, 5) is 0. The number of rotatable bonds is 9. The third-order valence-corrected chi connectivity index (χ3v) is 8.73. The molecule has 0 spiro atoms. The summed E-state index contributed by atoms with van der Waals surface area (Å²) in [5.74, 6) is 1.25. The van der Waals surface area contributed by atoms with Gasteiger partial charge in [0.2, 0.25) is 5.89 Å². The Morgan fingerprint density at radius 1 is 0.650 bits per heavy atom. The van der Waals surface area contributed by atoms with Crippen molar-refractivity contribution in [3.63, 3.8) is 0 Å². The van der Waals surface area contributed by atoms with Gasteiger partial charge in [-0.2, -0.15) is 0 Å². The van der Waals surface area contributed by atoms with Crippen molar-refractivity contribution < 1.29 is 4.42 Å². The van der Waals surface area contributed by atoms with E-state index in [1.165, 1.54) is 86.7 Å². The Morgan fingerprint density at radius 2 is 1.07 bits per heavy atom. The first-order valence-electron chi connectivity index (χ1n) is 15.0. The standard InChI is InChI=1S/C35H46B2N2O/c1-11-13-35(36,14-12-2)30-23(5)19-29(20-24(30)6)33-38-39-34(40-33)37(31-25(7)15-21(3)16-26(31)8)32-27(9)17-22(4)18-28(32)10/h15-20H,11-14,36H2,1-10H3. The third-order valence-electron chi connectivity index (χ3n) is 8.73. The largest absolute Gasteiger partial charge is 0.430 e. The molecule has 0 saturated heterocycles. The van der Waals surface area contributed by atoms with Gasteiger partial charge in [-0.15, -0.1) is 10.2 Å². The van der Waals surface area contributed by atoms with Crippen molar-refractivity contribution in [2.75, 3.05) is 0 Å². The zero-order chi connectivity index (χ0) is 29.4. The summed E-state index contributed by atoms with van der Waals surface area (Å²) in [6.07, 6.45) is 4.75. The van der Waals surface area contributed by atoms with Crippen molar-refractivity contribution >= 4 is 31.3 Å². The van der Waals surface area contributed by atoms with Gasteiger partial charge in [0.25, 0.3) is 0 Å². The molecule has 3 nitrogen and oxygen atoms in total. The minimum atomic E-state index is -0.124. The maximum Gasteiger partial charge on any atom is 0.316 e. The van der Waals surface area contributed by atoms with E-state index in [1.54, 1.807) is 0 Å². The Morgan fingerprint density at radius 3 is 1.48 bits per heavy atom. The maximum absolute atomic E-state index is 6.63. The molecule has 0 aliphatic heterocycles. The van der Waals surface area contributed by atoms with Crippen LogP contribution in [0.2, 0.25) is 0 Å². The lowest BCUT2D eigenvalue weighted by Gasteiger charge is -2.33. The number of aryl methyl sites for hydroxylation is 8. The second-order valence-corrected chi connectivity index (χ2v) is 12.5. The van der Waals surface area contributed by atoms with Crippen LogP contribution in [-0.4, -0.2) is 24.8 Å². The van der Waals surface area contributed by atoms with Gasteiger partial charge >= 0.3 is 6.71 Å². The first-order chi connectivity index (χ1) is 18.9. The average molecular weight is 532 g/mol. The van der Waals surface area contributed by atoms with Crippen LogP contribution in [0.1, 0.15) is 89.6 Å². The molecule has 0 atom stereocenters. The fraction of sp³-hybridized carbons (Fsp3) is 0.429. The Hall–Kier alpha value is -3.07. The summed E-state index contributed by atoms with van der Waals surface area (Å²) in [7, 11) is 2.43. The molecule has 0 saturated carbocycles. The third kappa shape index (κ3) is 5.71. The molecular formula is C35H46B2N2O. The van der Waals surface area contributed by atoms with Crippen LogP contribution in [0.3, 0.4) is 0 Å². The molecule has 0 aliphatic carbocycles. The highest BCUT2D eigenvalue weighted by Crippen LogP contribution is 2.37. The molecule has 5 heteroatoms. The van der Waals surface area contributed by atoms with Crippen LogP contribution in [0.5, 0.6) is 0 Å². The van der Waals surface area contributed by atoms with Gasteiger partial charge in [-0.25, -0.2) is 0 Å². The lowest BCUT2D eigenvalue weighted by molar-refractivity contribution is 0.493. The first-order valence-corrected chi connectivity index (χ1v) is 15.0. The lowest BCUT2D eigenvalue weighted by Crippen LogP contribution is -2.56. The predicted octanol–water partition coefficient (Wildman–Crippen LogP) is 6.15. The monoisotopic (exact) mass is 532 g/mol. The summed E-state index contributed by atoms with van der Waals surface area (Å²) in [6.45, 7) is 22.1. The van der Waals surface area contributed by atoms with Gasteiger partial charge in [0.05, 0.1) is 0 Å². The average Bonchev–Trinajstić information content (AvgIpc) is 3.31. The van der Waals surface area contributed by atoms with Crippen LogP contribution in [0.25, 0.3) is 11.5 Å². The fourth-order valence-electron chi connectivity index (χ4n) is 7.67. The van der Waals surface area contributed by atoms with Gasteiger partial charge in [-0.05, 0) is 89.5 Å². The Bertz CT molecular complexity index is 1400. The number of benzene rings is 3. The number of aromatic nitrogens is 2. The highest BCUT2D eigenvalue weighted by atomic mass is 16.4. The molecular weight excluding hydrogens is 486 g/mol. The number of hydrogen-bond donors (Lipinski definition) is 0. The Kier molecular flexibility index (Phi) is 8.83. The van der Waals surface area contributed by atoms with Gasteiger partial charge in [-0.3, -0.25) is 0 Å². The highest BCUT2D eigenvalue weighted by molar-refractivity contribution is 6.95. The molecule has 208 valence electrons. The summed E-state index contributed by atoms with van der Waals surface area (Å²) in [5, 5.41) is 9.55. The zero-order valence-electron chi connectivity index (χ0n) is 26.7. The van der Waals surface area contributed by atoms with Gasteiger partial charge in [0, 0.05) is 5.56 Å². The van der Waals surface area contributed by atoms with E-state index in [1.807, 2.05) is 0 Å². The predicted molar refractivity (Wildman–Crippen MR) is 175 cm³/mol. The number of hydrogen-bond acceptors (Lipinski definition) is 3. The summed E-state index contributed by atoms with van der Waals surface area (Å²) < 4.78 is 6.63. The lowest BCUT2D eigenvalue weighted by atomic mass is 9.37. The quantitative estimate of drug-likeness (QED) is 0.243. The molecule has 0 radical (unpaired) electrons. The fourth-order valence-corrected chi connectivity index (χ4v) is 7.67. The zero-order valence-corrected chi connectivity index (χ0v) is 26.7. The first kappa shape index (κ1) is 29.9. The van der Waals surface area contributed by atoms with Crippen molar-refractivity contribution in [1.82, 2.24) is 10.2 Å². The van der Waals surface area contributed by atoms with Gasteiger partial charge in [-0.1, -0.05) is 108 Å². The maximum atomic E-state index is 6.63. The molecule has 4 rings (SSSR count). The second-order valence-electron chi connectivity index (χ2n) is 12.5. The van der Waals surface area contributed by atoms with Gasteiger partial charge < -0.3 is 4.42 Å². The van der Waals surface area contributed by atoms with Crippen molar-refractivity contribution in [2.45, 2.75) is 100 Å². The van der Waals surface area contributed by atoms with E-state index in [4.69, 9.17) is 9.52 Å². The number of nitrogens with zero attached hydrogens (tertiary/aromatic N) is 2. The molecule has 0 fully saturated rings. The van der Waals surface area contributed by atoms with Gasteiger partial charge in [0.15, 0.2) is 5.79 Å². The van der Waals surface area contributed by atoms with E-state index < -0.39 is 0 Å². The van der Waals surface area contributed by atoms with E-state index in [0.29, 0.717) is 11.7 Å². The van der Waals surface area contributed by atoms with Gasteiger partial charge in [0.1, 0.15) is 7.85 Å². The van der Waals surface area contributed by atoms with E-state index >= 15 is 0 Å². The van der Waals surface area contributed by atoms with E-state index in [-0.39, 0.29) is 12.0 Å². The van der Waals surface area contributed by atoms with Crippen LogP contribution < -0.4 is 16.7 Å². The summed E-state index contributed by atoms with van der Waals surface area (Å²) in [5.41, 5.74) is 15.2. The topological polar surface area (TPSA) is 38.9 Å². The molecule has 0 N–H and O–H groups in total. The molecule has 0 amide bonds. The minimum absolute atomic E-state index is 0.124. The molecule has 4 aromatic rings. The van der Waals surface area contributed by atoms with E-state index in [9.17, 15) is 0 Å². The molecule has 0 unspecified atom stereocenters. The highest BCUT2D eigenvalue weighted by Gasteiger charge is 2.34. The van der Waals surface area contributed by atoms with E-state index in [2.05, 4.69) is 119 Å². The smallest absolute Gasteiger partial charge is 0.316 e. The van der Waals surface area contributed by atoms with Crippen LogP contribution in [0, 0.1) is 55.4 Å². The van der Waals surface area contributed by atoms with Crippen molar-refractivity contribution in [3.05, 3.63) is 86.5 Å². The summed E-state index contributed by atoms with van der Waals surface area (Å²) >= 11 is 0. The molecule has 40 heavy (non-hydrogen) atoms. The van der Waals surface area contributed by atoms with Crippen LogP contribution in [-0.2, 0) is 5.31 Å². The Labute approximate surface area is 243 Å². The molecule has 3 aromatic carbocycles. The molecule has 1 heterocycles. The second kappa shape index (κ2) is 11.8. The normalized spacial score (nSPS) is 11.8. The van der Waals surface area contributed by atoms with Crippen LogP contribution >= 0.6 is 0 Å². The Balaban J connectivity index is 1.87. The van der Waals surface area contributed by atoms with E-state index in [0.717, 1.165) is 5.56 Å². The molecule has 0 bridgehead atoms. The van der Waals surface area contributed by atoms with Crippen LogP contribution in [0.4, 0.5) is 0 Å². The van der Waals surface area contributed by atoms with Crippen molar-refractivity contribution in [2.24, 2.45) is 0 Å².